The van der Waals surface area contributed by atoms with Crippen molar-refractivity contribution >= 4 is 21.7 Å². The molecule has 0 spiro atoms. The molecule has 0 saturated carbocycles. The molecule has 0 aromatic heterocycles. The Morgan fingerprint density at radius 2 is 1.80 bits per heavy atom. The predicted molar refractivity (Wildman–Crippen MR) is 67.8 cm³/mol. The van der Waals surface area contributed by atoms with Crippen LogP contribution in [0.15, 0.2) is 35.2 Å². The van der Waals surface area contributed by atoms with Gasteiger partial charge in [0.25, 0.3) is 0 Å². The fourth-order valence-electron chi connectivity index (χ4n) is 1.84. The Labute approximate surface area is 93.1 Å². The van der Waals surface area contributed by atoms with E-state index in [1.165, 1.54) is 10.5 Å². The summed E-state index contributed by atoms with van der Waals surface area (Å²) in [6, 6.07) is 9.99. The van der Waals surface area contributed by atoms with Crippen molar-refractivity contribution in [1.29, 1.82) is 0 Å². The average molecular weight is 219 g/mol. The van der Waals surface area contributed by atoms with Gasteiger partial charge in [-0.3, -0.25) is 0 Å². The van der Waals surface area contributed by atoms with Gasteiger partial charge in [-0.15, -0.1) is 0 Å². The summed E-state index contributed by atoms with van der Waals surface area (Å²) in [5.74, 6) is 0.396. The van der Waals surface area contributed by atoms with Crippen LogP contribution in [0.3, 0.4) is 0 Å². The number of aryl methyl sites for hydroxylation is 1. The monoisotopic (exact) mass is 219 g/mol. The molecule has 2 rings (SSSR count). The first kappa shape index (κ1) is 10.4. The van der Waals surface area contributed by atoms with Gasteiger partial charge >= 0.3 is 0 Å². The molecule has 2 heteroatoms. The first-order valence-corrected chi connectivity index (χ1v) is 6.94. The van der Waals surface area contributed by atoms with Crippen LogP contribution in [0.1, 0.15) is 5.56 Å². The van der Waals surface area contributed by atoms with Crippen molar-refractivity contribution in [3.63, 3.8) is 0 Å². The third-order valence-corrected chi connectivity index (χ3v) is 3.86. The van der Waals surface area contributed by atoms with Crippen molar-refractivity contribution in [1.82, 2.24) is 0 Å². The molecule has 0 aliphatic heterocycles. The van der Waals surface area contributed by atoms with Crippen LogP contribution in [0.5, 0.6) is 5.75 Å². The molecule has 15 heavy (non-hydrogen) atoms. The van der Waals surface area contributed by atoms with E-state index in [-0.39, 0.29) is 10.9 Å². The van der Waals surface area contributed by atoms with Gasteiger partial charge in [-0.2, -0.15) is 0 Å². The lowest BCUT2D eigenvalue weighted by atomic mass is 10.1. The minimum atomic E-state index is 0.168. The first-order valence-electron chi connectivity index (χ1n) is 4.90. The van der Waals surface area contributed by atoms with E-state index in [1.807, 2.05) is 6.07 Å². The Morgan fingerprint density at radius 1 is 1.07 bits per heavy atom. The van der Waals surface area contributed by atoms with E-state index in [9.17, 15) is 5.11 Å². The lowest BCUT2D eigenvalue weighted by Crippen LogP contribution is -1.97. The minimum Gasteiger partial charge on any atom is -0.507 e. The van der Waals surface area contributed by atoms with Crippen LogP contribution in [-0.4, -0.2) is 17.6 Å². The van der Waals surface area contributed by atoms with E-state index in [1.54, 1.807) is 6.07 Å². The second kappa shape index (κ2) is 3.78. The molecule has 0 heterocycles. The highest BCUT2D eigenvalue weighted by molar-refractivity contribution is 7.95. The van der Waals surface area contributed by atoms with Gasteiger partial charge in [0.1, 0.15) is 18.3 Å². The number of fused-ring (bicyclic) bond motifs is 1. The minimum absolute atomic E-state index is 0.168. The van der Waals surface area contributed by atoms with E-state index in [2.05, 4.69) is 37.6 Å². The molecule has 2 aromatic rings. The summed E-state index contributed by atoms with van der Waals surface area (Å²) in [7, 11) is 0.168. The van der Waals surface area contributed by atoms with Gasteiger partial charge in [-0.25, -0.2) is 0 Å². The maximum absolute atomic E-state index is 9.93. The van der Waals surface area contributed by atoms with Crippen molar-refractivity contribution in [2.45, 2.75) is 11.8 Å². The van der Waals surface area contributed by atoms with Crippen LogP contribution in [0.25, 0.3) is 10.8 Å². The number of hydrogen-bond donors (Lipinski definition) is 1. The lowest BCUT2D eigenvalue weighted by Gasteiger charge is -2.07. The van der Waals surface area contributed by atoms with Crippen LogP contribution >= 0.6 is 0 Å². The maximum Gasteiger partial charge on any atom is 0.165 e. The molecule has 0 aliphatic rings. The molecular weight excluding hydrogens is 204 g/mol. The van der Waals surface area contributed by atoms with Gasteiger partial charge in [0.2, 0.25) is 0 Å². The molecule has 0 amide bonds. The zero-order chi connectivity index (χ0) is 11.0. The summed E-state index contributed by atoms with van der Waals surface area (Å²) >= 11 is 0. The molecule has 0 aliphatic carbocycles. The zero-order valence-electron chi connectivity index (χ0n) is 9.24. The molecule has 0 fully saturated rings. The van der Waals surface area contributed by atoms with Gasteiger partial charge in [0, 0.05) is 10.9 Å². The van der Waals surface area contributed by atoms with Crippen molar-refractivity contribution in [3.05, 3.63) is 35.9 Å². The molecule has 0 atom stereocenters. The van der Waals surface area contributed by atoms with E-state index < -0.39 is 0 Å². The summed E-state index contributed by atoms with van der Waals surface area (Å²) in [5, 5.41) is 12.1. The summed E-state index contributed by atoms with van der Waals surface area (Å²) < 4.78 is 0. The molecule has 1 N–H and O–H groups in total. The standard InChI is InChI=1S/C13H14OS/c1-9-7-8-12(15(2)3)13-10(9)5-4-6-11(13)14/h4-8H,1-3H3/p+1. The Morgan fingerprint density at radius 3 is 2.47 bits per heavy atom. The van der Waals surface area contributed by atoms with Gasteiger partial charge in [-0.1, -0.05) is 18.2 Å². The van der Waals surface area contributed by atoms with Crippen molar-refractivity contribution < 1.29 is 5.11 Å². The third-order valence-electron chi connectivity index (χ3n) is 2.64. The molecule has 1 nitrogen and oxygen atoms in total. The first-order chi connectivity index (χ1) is 7.11. The Balaban J connectivity index is 2.90. The lowest BCUT2D eigenvalue weighted by molar-refractivity contribution is 0.481. The topological polar surface area (TPSA) is 20.2 Å². The van der Waals surface area contributed by atoms with Crippen molar-refractivity contribution in [2.24, 2.45) is 0 Å². The summed E-state index contributed by atoms with van der Waals surface area (Å²) in [6.07, 6.45) is 4.35. The Kier molecular flexibility index (Phi) is 2.61. The second-order valence-corrected chi connectivity index (χ2v) is 5.97. The number of benzene rings is 2. The quantitative estimate of drug-likeness (QED) is 0.731. The van der Waals surface area contributed by atoms with Crippen molar-refractivity contribution in [3.8, 4) is 5.75 Å². The van der Waals surface area contributed by atoms with E-state index in [0.717, 1.165) is 10.8 Å². The van der Waals surface area contributed by atoms with E-state index in [0.29, 0.717) is 5.75 Å². The number of phenols is 1. The predicted octanol–water partition coefficient (Wildman–Crippen LogP) is 3.09. The average Bonchev–Trinajstić information content (AvgIpc) is 2.19. The Hall–Kier alpha value is -1.15. The molecule has 0 radical (unpaired) electrons. The van der Waals surface area contributed by atoms with Crippen LogP contribution in [0.4, 0.5) is 0 Å². The highest BCUT2D eigenvalue weighted by Gasteiger charge is 2.16. The van der Waals surface area contributed by atoms with Gasteiger partial charge in [0.05, 0.1) is 5.39 Å². The summed E-state index contributed by atoms with van der Waals surface area (Å²) in [4.78, 5) is 1.24. The maximum atomic E-state index is 9.93. The van der Waals surface area contributed by atoms with Gasteiger partial charge in [-0.05, 0) is 30.0 Å². The van der Waals surface area contributed by atoms with Crippen LogP contribution < -0.4 is 0 Å². The SMILES string of the molecule is Cc1ccc([S+](C)C)c2c(O)cccc12. The molecule has 0 bridgehead atoms. The molecule has 78 valence electrons. The van der Waals surface area contributed by atoms with Gasteiger partial charge < -0.3 is 5.11 Å². The third kappa shape index (κ3) is 1.70. The number of hydrogen-bond acceptors (Lipinski definition) is 1. The molecule has 0 unspecified atom stereocenters. The van der Waals surface area contributed by atoms with Crippen LogP contribution in [0, 0.1) is 6.92 Å². The highest BCUT2D eigenvalue weighted by Crippen LogP contribution is 2.32. The second-order valence-electron chi connectivity index (χ2n) is 3.90. The largest absolute Gasteiger partial charge is 0.507 e. The van der Waals surface area contributed by atoms with Crippen molar-refractivity contribution in [2.75, 3.05) is 12.5 Å². The highest BCUT2D eigenvalue weighted by atomic mass is 32.2. The molecular formula is C13H15OS+. The number of phenolic OH excluding ortho intramolecular Hbond substituents is 1. The fraction of sp³-hybridized carbons (Fsp3) is 0.231. The molecule has 2 aromatic carbocycles. The van der Waals surface area contributed by atoms with E-state index >= 15 is 0 Å². The van der Waals surface area contributed by atoms with Gasteiger partial charge in [0.15, 0.2) is 4.90 Å². The summed E-state index contributed by atoms with van der Waals surface area (Å²) in [6.45, 7) is 2.08. The molecule has 0 saturated heterocycles. The zero-order valence-corrected chi connectivity index (χ0v) is 10.1. The normalized spacial score (nSPS) is 11.2. The smallest absolute Gasteiger partial charge is 0.165 e. The van der Waals surface area contributed by atoms with Crippen LogP contribution in [-0.2, 0) is 10.9 Å². The Bertz CT molecular complexity index is 503. The number of aromatic hydroxyl groups is 1. The van der Waals surface area contributed by atoms with E-state index in [4.69, 9.17) is 0 Å². The number of rotatable bonds is 1. The summed E-state index contributed by atoms with van der Waals surface area (Å²) in [5.41, 5.74) is 1.22. The fourth-order valence-corrected chi connectivity index (χ4v) is 2.80. The van der Waals surface area contributed by atoms with Crippen LogP contribution in [0.2, 0.25) is 0 Å².